The summed E-state index contributed by atoms with van der Waals surface area (Å²) in [6.45, 7) is 7.00. The molecule has 0 saturated carbocycles. The molecule has 0 aliphatic carbocycles. The Morgan fingerprint density at radius 3 is 2.53 bits per heavy atom. The molecule has 17 heavy (non-hydrogen) atoms. The molecule has 0 heterocycles. The molecule has 96 valence electrons. The van der Waals surface area contributed by atoms with Crippen LogP contribution in [0.15, 0.2) is 24.3 Å². The second-order valence-electron chi connectivity index (χ2n) is 4.31. The molecule has 0 aliphatic heterocycles. The quantitative estimate of drug-likeness (QED) is 0.563. The van der Waals surface area contributed by atoms with Gasteiger partial charge in [-0.25, -0.2) is 0 Å². The molecular weight excluding hydrogens is 212 g/mol. The number of hydrazine groups is 1. The smallest absolute Gasteiger partial charge is 0.0741 e. The maximum Gasteiger partial charge on any atom is 0.0741 e. The van der Waals surface area contributed by atoms with Gasteiger partial charge < -0.3 is 4.74 Å². The summed E-state index contributed by atoms with van der Waals surface area (Å²) in [6.07, 6.45) is 2.04. The molecule has 0 amide bonds. The molecule has 1 aromatic rings. The molecule has 3 N–H and O–H groups in total. The maximum atomic E-state index is 5.71. The first kappa shape index (κ1) is 14.2. The second kappa shape index (κ2) is 7.43. The number of ether oxygens (including phenoxy) is 1. The van der Waals surface area contributed by atoms with Crippen molar-refractivity contribution in [3.8, 4) is 0 Å². The van der Waals surface area contributed by atoms with Crippen LogP contribution in [0.1, 0.15) is 31.4 Å². The van der Waals surface area contributed by atoms with E-state index in [-0.39, 0.29) is 12.1 Å². The average molecular weight is 236 g/mol. The summed E-state index contributed by atoms with van der Waals surface area (Å²) in [7, 11) is 0. The zero-order valence-electron chi connectivity index (χ0n) is 11.1. The van der Waals surface area contributed by atoms with Crippen LogP contribution in [0.25, 0.3) is 0 Å². The number of benzene rings is 1. The van der Waals surface area contributed by atoms with Crippen molar-refractivity contribution in [1.29, 1.82) is 0 Å². The molecule has 2 atom stereocenters. The van der Waals surface area contributed by atoms with Crippen LogP contribution in [0.2, 0.25) is 0 Å². The lowest BCUT2D eigenvalue weighted by Crippen LogP contribution is -2.46. The van der Waals surface area contributed by atoms with E-state index in [4.69, 9.17) is 10.6 Å². The zero-order valence-corrected chi connectivity index (χ0v) is 11.1. The summed E-state index contributed by atoms with van der Waals surface area (Å²) in [5, 5.41) is 0. The van der Waals surface area contributed by atoms with Crippen LogP contribution < -0.4 is 11.3 Å². The van der Waals surface area contributed by atoms with Gasteiger partial charge in [-0.05, 0) is 37.8 Å². The van der Waals surface area contributed by atoms with Crippen molar-refractivity contribution in [1.82, 2.24) is 5.43 Å². The third-order valence-electron chi connectivity index (χ3n) is 3.15. The minimum Gasteiger partial charge on any atom is -0.377 e. The Balaban J connectivity index is 2.72. The van der Waals surface area contributed by atoms with Crippen molar-refractivity contribution in [2.24, 2.45) is 5.84 Å². The van der Waals surface area contributed by atoms with E-state index in [1.54, 1.807) is 0 Å². The number of nitrogens with one attached hydrogen (secondary N) is 1. The third-order valence-corrected chi connectivity index (χ3v) is 3.15. The van der Waals surface area contributed by atoms with Crippen molar-refractivity contribution in [3.63, 3.8) is 0 Å². The van der Waals surface area contributed by atoms with Crippen molar-refractivity contribution >= 4 is 0 Å². The lowest BCUT2D eigenvalue weighted by molar-refractivity contribution is 0.0319. The van der Waals surface area contributed by atoms with Gasteiger partial charge in [-0.15, -0.1) is 0 Å². The van der Waals surface area contributed by atoms with Crippen LogP contribution in [0.4, 0.5) is 0 Å². The van der Waals surface area contributed by atoms with Gasteiger partial charge in [0.05, 0.1) is 12.1 Å². The summed E-state index contributed by atoms with van der Waals surface area (Å²) in [4.78, 5) is 0. The highest BCUT2D eigenvalue weighted by Gasteiger charge is 2.19. The highest BCUT2D eigenvalue weighted by atomic mass is 16.5. The monoisotopic (exact) mass is 236 g/mol. The zero-order chi connectivity index (χ0) is 12.7. The van der Waals surface area contributed by atoms with E-state index in [0.29, 0.717) is 0 Å². The van der Waals surface area contributed by atoms with Crippen molar-refractivity contribution in [3.05, 3.63) is 35.4 Å². The minimum atomic E-state index is 0.168. The first-order valence-electron chi connectivity index (χ1n) is 6.35. The van der Waals surface area contributed by atoms with E-state index in [1.807, 2.05) is 6.92 Å². The van der Waals surface area contributed by atoms with Gasteiger partial charge in [0, 0.05) is 6.61 Å². The maximum absolute atomic E-state index is 5.71. The van der Waals surface area contributed by atoms with E-state index in [1.165, 1.54) is 11.1 Å². The number of hydrogen-bond acceptors (Lipinski definition) is 3. The molecule has 0 radical (unpaired) electrons. The van der Waals surface area contributed by atoms with E-state index in [2.05, 4.69) is 43.5 Å². The summed E-state index contributed by atoms with van der Waals surface area (Å²) >= 11 is 0. The van der Waals surface area contributed by atoms with E-state index >= 15 is 0 Å². The van der Waals surface area contributed by atoms with Gasteiger partial charge in [0.15, 0.2) is 0 Å². The Morgan fingerprint density at radius 2 is 2.00 bits per heavy atom. The Kier molecular flexibility index (Phi) is 6.19. The standard InChI is InChI=1S/C14H24N2O/c1-4-14(17-5-2)13(16-15)10-12-9-7-6-8-11(12)3/h6-9,13-14,16H,4-5,10,15H2,1-3H3. The summed E-state index contributed by atoms with van der Waals surface area (Å²) < 4.78 is 5.71. The van der Waals surface area contributed by atoms with Gasteiger partial charge in [0.2, 0.25) is 0 Å². The topological polar surface area (TPSA) is 47.3 Å². The molecule has 1 aromatic carbocycles. The number of aryl methyl sites for hydroxylation is 1. The van der Waals surface area contributed by atoms with Crippen LogP contribution in [0.3, 0.4) is 0 Å². The summed E-state index contributed by atoms with van der Waals surface area (Å²) in [5.74, 6) is 5.65. The first-order valence-corrected chi connectivity index (χ1v) is 6.35. The van der Waals surface area contributed by atoms with Crippen LogP contribution >= 0.6 is 0 Å². The van der Waals surface area contributed by atoms with E-state index in [0.717, 1.165) is 19.4 Å². The fourth-order valence-electron chi connectivity index (χ4n) is 2.11. The summed E-state index contributed by atoms with van der Waals surface area (Å²) in [5.41, 5.74) is 5.52. The highest BCUT2D eigenvalue weighted by molar-refractivity contribution is 5.26. The molecule has 0 aliphatic rings. The molecule has 1 rings (SSSR count). The predicted molar refractivity (Wildman–Crippen MR) is 71.7 cm³/mol. The third kappa shape index (κ3) is 4.11. The van der Waals surface area contributed by atoms with Crippen LogP contribution in [-0.4, -0.2) is 18.8 Å². The van der Waals surface area contributed by atoms with Gasteiger partial charge in [-0.2, -0.15) is 0 Å². The molecule has 3 heteroatoms. The molecular formula is C14H24N2O. The largest absolute Gasteiger partial charge is 0.377 e. The SMILES string of the molecule is CCOC(CC)C(Cc1ccccc1C)NN. The number of rotatable bonds is 7. The minimum absolute atomic E-state index is 0.168. The Morgan fingerprint density at radius 1 is 1.29 bits per heavy atom. The van der Waals surface area contributed by atoms with Crippen molar-refractivity contribution in [2.45, 2.75) is 45.8 Å². The van der Waals surface area contributed by atoms with Gasteiger partial charge in [-0.1, -0.05) is 31.2 Å². The van der Waals surface area contributed by atoms with Crippen LogP contribution in [0, 0.1) is 6.92 Å². The fourth-order valence-corrected chi connectivity index (χ4v) is 2.11. The Labute approximate surface area is 104 Å². The second-order valence-corrected chi connectivity index (χ2v) is 4.31. The average Bonchev–Trinajstić information content (AvgIpc) is 2.35. The number of hydrogen-bond donors (Lipinski definition) is 2. The van der Waals surface area contributed by atoms with Crippen LogP contribution in [0.5, 0.6) is 0 Å². The molecule has 2 unspecified atom stereocenters. The lowest BCUT2D eigenvalue weighted by atomic mass is 9.97. The fraction of sp³-hybridized carbons (Fsp3) is 0.571. The van der Waals surface area contributed by atoms with Crippen molar-refractivity contribution in [2.75, 3.05) is 6.61 Å². The van der Waals surface area contributed by atoms with Gasteiger partial charge >= 0.3 is 0 Å². The van der Waals surface area contributed by atoms with Gasteiger partial charge in [0.25, 0.3) is 0 Å². The molecule has 0 saturated heterocycles. The molecule has 0 bridgehead atoms. The van der Waals surface area contributed by atoms with E-state index < -0.39 is 0 Å². The Bertz CT molecular complexity index is 328. The Hall–Kier alpha value is -0.900. The van der Waals surface area contributed by atoms with Crippen LogP contribution in [-0.2, 0) is 11.2 Å². The molecule has 0 spiro atoms. The molecule has 3 nitrogen and oxygen atoms in total. The number of nitrogens with two attached hydrogens (primary N) is 1. The highest BCUT2D eigenvalue weighted by Crippen LogP contribution is 2.14. The van der Waals surface area contributed by atoms with Gasteiger partial charge in [0.1, 0.15) is 0 Å². The summed E-state index contributed by atoms with van der Waals surface area (Å²) in [6, 6.07) is 8.57. The molecule has 0 fully saturated rings. The normalized spacial score (nSPS) is 14.6. The lowest BCUT2D eigenvalue weighted by Gasteiger charge is -2.26. The molecule has 0 aromatic heterocycles. The van der Waals surface area contributed by atoms with E-state index in [9.17, 15) is 0 Å². The van der Waals surface area contributed by atoms with Crippen molar-refractivity contribution < 1.29 is 4.74 Å². The predicted octanol–water partition coefficient (Wildman–Crippen LogP) is 2.18. The first-order chi connectivity index (χ1) is 8.22. The van der Waals surface area contributed by atoms with Gasteiger partial charge in [-0.3, -0.25) is 11.3 Å².